The summed E-state index contributed by atoms with van der Waals surface area (Å²) >= 11 is 0. The lowest BCUT2D eigenvalue weighted by Crippen LogP contribution is -2.29. The molecular weight excluding hydrogens is 894 g/mol. The van der Waals surface area contributed by atoms with Crippen LogP contribution in [0, 0.1) is 0 Å². The van der Waals surface area contributed by atoms with Crippen LogP contribution in [-0.2, 0) is 32.7 Å². The monoisotopic (exact) mass is 998 g/mol. The van der Waals surface area contributed by atoms with Crippen LogP contribution in [0.15, 0.2) is 97.2 Å². The fourth-order valence-electron chi connectivity index (χ4n) is 7.55. The van der Waals surface area contributed by atoms with E-state index in [1.165, 1.54) is 96.3 Å². The van der Waals surface area contributed by atoms with Crippen molar-refractivity contribution < 1.29 is 37.6 Å². The van der Waals surface area contributed by atoms with Gasteiger partial charge in [0.1, 0.15) is 6.61 Å². The first-order valence-electron chi connectivity index (χ1n) is 28.2. The van der Waals surface area contributed by atoms with Gasteiger partial charge in [-0.05, 0) is 96.3 Å². The van der Waals surface area contributed by atoms with Gasteiger partial charge in [0.2, 0.25) is 0 Å². The molecule has 9 nitrogen and oxygen atoms in total. The van der Waals surface area contributed by atoms with Gasteiger partial charge >= 0.3 is 19.8 Å². The normalized spacial score (nSPS) is 13.8. The van der Waals surface area contributed by atoms with Crippen molar-refractivity contribution in [2.75, 3.05) is 26.4 Å². The number of nitrogens with two attached hydrogens (primary N) is 1. The van der Waals surface area contributed by atoms with Crippen molar-refractivity contribution in [1.29, 1.82) is 0 Å². The Bertz CT molecular complexity index is 1460. The zero-order chi connectivity index (χ0) is 51.0. The van der Waals surface area contributed by atoms with Crippen LogP contribution in [0.3, 0.4) is 0 Å². The molecule has 0 radical (unpaired) electrons. The molecule has 0 spiro atoms. The van der Waals surface area contributed by atoms with Crippen molar-refractivity contribution in [2.24, 2.45) is 5.73 Å². The molecule has 0 heterocycles. The second kappa shape index (κ2) is 55.2. The number of unbranched alkanes of at least 4 members (excludes halogenated alkanes) is 23. The third kappa shape index (κ3) is 54.3. The first-order chi connectivity index (χ1) is 34.3. The molecule has 0 saturated carbocycles. The summed E-state index contributed by atoms with van der Waals surface area (Å²) in [6.07, 6.45) is 73.1. The van der Waals surface area contributed by atoms with Crippen LogP contribution in [0.5, 0.6) is 0 Å². The maximum Gasteiger partial charge on any atom is 0.472 e. The van der Waals surface area contributed by atoms with E-state index >= 15 is 0 Å². The van der Waals surface area contributed by atoms with Crippen LogP contribution in [-0.4, -0.2) is 49.3 Å². The van der Waals surface area contributed by atoms with Crippen LogP contribution >= 0.6 is 7.82 Å². The van der Waals surface area contributed by atoms with Crippen molar-refractivity contribution in [1.82, 2.24) is 0 Å². The minimum Gasteiger partial charge on any atom is -0.462 e. The van der Waals surface area contributed by atoms with Gasteiger partial charge in [0, 0.05) is 19.4 Å². The summed E-state index contributed by atoms with van der Waals surface area (Å²) in [6, 6.07) is 0. The molecule has 0 saturated heterocycles. The number of ether oxygens (including phenoxy) is 2. The zero-order valence-electron chi connectivity index (χ0n) is 44.7. The van der Waals surface area contributed by atoms with Crippen LogP contribution in [0.2, 0.25) is 0 Å². The largest absolute Gasteiger partial charge is 0.472 e. The standard InChI is InChI=1S/C60H104NO8P/c1-3-5-7-9-11-13-15-17-19-21-22-23-24-25-26-27-28-29-30-31-32-33-34-35-36-37-39-41-43-45-47-49-51-53-60(63)69-58(57-68-70(64,65)67-55-54-61)56-66-59(62)52-50-48-46-44-42-40-38-20-18-16-14-12-10-8-6-4-2/h5,7,11,13,17,19-20,22-23,25-26,28-29,31-32,38,58H,3-4,6,8-10,12,14-16,18,21,24,27,30,33-37,39-57,61H2,1-2H3,(H,64,65)/b7-5-,13-11-,19-17-,23-22-,26-25-,29-28-,32-31-,38-20-. The lowest BCUT2D eigenvalue weighted by atomic mass is 10.0. The van der Waals surface area contributed by atoms with Gasteiger partial charge in [-0.2, -0.15) is 0 Å². The number of phosphoric ester groups is 1. The molecule has 0 aromatic heterocycles. The van der Waals surface area contributed by atoms with Gasteiger partial charge in [0.05, 0.1) is 13.2 Å². The summed E-state index contributed by atoms with van der Waals surface area (Å²) in [5.74, 6) is -0.842. The zero-order valence-corrected chi connectivity index (χ0v) is 45.6. The molecule has 0 rings (SSSR count). The second-order valence-electron chi connectivity index (χ2n) is 18.4. The number of hydrogen-bond donors (Lipinski definition) is 2. The molecule has 0 aliphatic heterocycles. The predicted octanol–water partition coefficient (Wildman–Crippen LogP) is 17.7. The Kier molecular flexibility index (Phi) is 52.8. The van der Waals surface area contributed by atoms with E-state index in [-0.39, 0.29) is 32.6 Å². The highest BCUT2D eigenvalue weighted by Gasteiger charge is 2.26. The molecule has 0 amide bonds. The lowest BCUT2D eigenvalue weighted by Gasteiger charge is -2.19. The molecule has 3 N–H and O–H groups in total. The van der Waals surface area contributed by atoms with E-state index in [4.69, 9.17) is 24.3 Å². The van der Waals surface area contributed by atoms with E-state index in [1.54, 1.807) is 0 Å². The van der Waals surface area contributed by atoms with Crippen molar-refractivity contribution in [3.05, 3.63) is 97.2 Å². The average Bonchev–Trinajstić information content (AvgIpc) is 3.35. The van der Waals surface area contributed by atoms with E-state index in [0.717, 1.165) is 109 Å². The number of carbonyl (C=O) groups is 2. The number of esters is 2. The summed E-state index contributed by atoms with van der Waals surface area (Å²) in [4.78, 5) is 35.1. The highest BCUT2D eigenvalue weighted by molar-refractivity contribution is 7.47. The van der Waals surface area contributed by atoms with Gasteiger partial charge in [-0.1, -0.05) is 227 Å². The highest BCUT2D eigenvalue weighted by Crippen LogP contribution is 2.43. The number of phosphoric acid groups is 1. The van der Waals surface area contributed by atoms with Gasteiger partial charge in [0.25, 0.3) is 0 Å². The average molecular weight is 998 g/mol. The topological polar surface area (TPSA) is 134 Å². The SMILES string of the molecule is CC/C=C\C/C=C\C/C=C\C/C=C\C/C=C\C/C=C\C/C=C\CCCCCCCCCCCCCC(=O)OC(COC(=O)CCCCCCC/C=C\CCCCCCCCC)COP(=O)(O)OCCN. The Morgan fingerprint density at radius 1 is 0.443 bits per heavy atom. The third-order valence-corrected chi connectivity index (χ3v) is 12.7. The number of hydrogen-bond acceptors (Lipinski definition) is 8. The summed E-state index contributed by atoms with van der Waals surface area (Å²) in [5, 5.41) is 0. The molecule has 402 valence electrons. The van der Waals surface area contributed by atoms with E-state index in [0.29, 0.717) is 6.42 Å². The maximum absolute atomic E-state index is 12.7. The van der Waals surface area contributed by atoms with Crippen LogP contribution < -0.4 is 5.73 Å². The Morgan fingerprint density at radius 3 is 1.19 bits per heavy atom. The lowest BCUT2D eigenvalue weighted by molar-refractivity contribution is -0.161. The summed E-state index contributed by atoms with van der Waals surface area (Å²) < 4.78 is 33.0. The molecule has 0 aromatic rings. The van der Waals surface area contributed by atoms with Crippen LogP contribution in [0.25, 0.3) is 0 Å². The first-order valence-corrected chi connectivity index (χ1v) is 29.7. The van der Waals surface area contributed by atoms with Crippen molar-refractivity contribution in [2.45, 2.75) is 245 Å². The Balaban J connectivity index is 3.99. The van der Waals surface area contributed by atoms with Crippen LogP contribution in [0.1, 0.15) is 239 Å². The van der Waals surface area contributed by atoms with E-state index < -0.39 is 32.5 Å². The van der Waals surface area contributed by atoms with Crippen molar-refractivity contribution in [3.8, 4) is 0 Å². The third-order valence-electron chi connectivity index (χ3n) is 11.7. The van der Waals surface area contributed by atoms with Gasteiger partial charge in [-0.3, -0.25) is 18.6 Å². The van der Waals surface area contributed by atoms with Gasteiger partial charge < -0.3 is 20.1 Å². The second-order valence-corrected chi connectivity index (χ2v) is 19.9. The van der Waals surface area contributed by atoms with E-state index in [9.17, 15) is 19.0 Å². The molecule has 2 atom stereocenters. The first kappa shape index (κ1) is 66.9. The molecule has 0 aliphatic rings. The summed E-state index contributed by atoms with van der Waals surface area (Å²) in [5.41, 5.74) is 5.37. The maximum atomic E-state index is 12.7. The van der Waals surface area contributed by atoms with E-state index in [2.05, 4.69) is 111 Å². The molecule has 2 unspecified atom stereocenters. The van der Waals surface area contributed by atoms with Gasteiger partial charge in [-0.15, -0.1) is 0 Å². The minimum atomic E-state index is -4.39. The van der Waals surface area contributed by atoms with Crippen molar-refractivity contribution >= 4 is 19.8 Å². The molecule has 70 heavy (non-hydrogen) atoms. The van der Waals surface area contributed by atoms with E-state index in [1.807, 2.05) is 0 Å². The predicted molar refractivity (Wildman–Crippen MR) is 298 cm³/mol. The number of rotatable bonds is 52. The smallest absolute Gasteiger partial charge is 0.462 e. The quantitative estimate of drug-likeness (QED) is 0.0264. The molecular formula is C60H104NO8P. The minimum absolute atomic E-state index is 0.0483. The fourth-order valence-corrected chi connectivity index (χ4v) is 8.32. The molecule has 0 fully saturated rings. The summed E-state index contributed by atoms with van der Waals surface area (Å²) in [7, 11) is -4.39. The van der Waals surface area contributed by atoms with Crippen molar-refractivity contribution in [3.63, 3.8) is 0 Å². The van der Waals surface area contributed by atoms with Crippen LogP contribution in [0.4, 0.5) is 0 Å². The Labute approximate surface area is 429 Å². The highest BCUT2D eigenvalue weighted by atomic mass is 31.2. The van der Waals surface area contributed by atoms with Gasteiger partial charge in [-0.25, -0.2) is 4.57 Å². The molecule has 0 aromatic carbocycles. The Hall–Kier alpha value is -3.07. The fraction of sp³-hybridized carbons (Fsp3) is 0.700. The molecule has 0 bridgehead atoms. The van der Waals surface area contributed by atoms with Gasteiger partial charge in [0.15, 0.2) is 6.10 Å². The number of allylic oxidation sites excluding steroid dienone is 16. The Morgan fingerprint density at radius 2 is 0.786 bits per heavy atom. The summed E-state index contributed by atoms with van der Waals surface area (Å²) in [6.45, 7) is 3.61. The molecule has 10 heteroatoms. The molecule has 0 aliphatic carbocycles. The number of carbonyl (C=O) groups excluding carboxylic acids is 2.